The van der Waals surface area contributed by atoms with E-state index in [4.69, 9.17) is 14.2 Å². The maximum Gasteiger partial charge on any atom is 0.310 e. The van der Waals surface area contributed by atoms with Crippen molar-refractivity contribution in [2.45, 2.75) is 252 Å². The summed E-state index contributed by atoms with van der Waals surface area (Å²) in [6.45, 7) is 6.27. The minimum atomic E-state index is -0.861. The van der Waals surface area contributed by atoms with E-state index < -0.39 is 12.1 Å². The Morgan fingerprint density at radius 1 is 0.324 bits per heavy atom. The Labute approximate surface area is 419 Å². The number of rotatable bonds is 49. The lowest BCUT2D eigenvalue weighted by Gasteiger charge is -2.18. The summed E-state index contributed by atoms with van der Waals surface area (Å²) in [6, 6.07) is 0. The first-order valence-corrected chi connectivity index (χ1v) is 27.9. The lowest BCUT2D eigenvalue weighted by molar-refractivity contribution is -0.166. The Morgan fingerprint density at radius 2 is 0.618 bits per heavy atom. The molecule has 386 valence electrons. The van der Waals surface area contributed by atoms with Crippen molar-refractivity contribution in [2.75, 3.05) is 13.2 Å². The quantitative estimate of drug-likeness (QED) is 0.0262. The van der Waals surface area contributed by atoms with E-state index >= 15 is 0 Å². The number of carbonyl (C=O) groups excluding carboxylic acids is 3. The van der Waals surface area contributed by atoms with Crippen LogP contribution in [0.5, 0.6) is 0 Å². The van der Waals surface area contributed by atoms with Crippen LogP contribution in [0.2, 0.25) is 0 Å². The van der Waals surface area contributed by atoms with Crippen molar-refractivity contribution in [3.8, 4) is 0 Å². The second-order valence-electron chi connectivity index (χ2n) is 18.1. The molecule has 0 radical (unpaired) electrons. The number of hydrogen-bond acceptors (Lipinski definition) is 6. The molecular formula is C62H102O6. The summed E-state index contributed by atoms with van der Waals surface area (Å²) in [6.07, 6.45) is 75.6. The zero-order chi connectivity index (χ0) is 49.3. The molecule has 6 nitrogen and oxygen atoms in total. The molecule has 0 rings (SSSR count). The summed E-state index contributed by atoms with van der Waals surface area (Å²) in [5.74, 6) is -1.15. The Kier molecular flexibility index (Phi) is 52.4. The van der Waals surface area contributed by atoms with E-state index in [1.54, 1.807) is 6.08 Å². The van der Waals surface area contributed by atoms with Crippen LogP contribution in [0.4, 0.5) is 0 Å². The highest BCUT2D eigenvalue weighted by molar-refractivity contribution is 5.72. The molecule has 6 heteroatoms. The molecule has 0 fully saturated rings. The fourth-order valence-electron chi connectivity index (χ4n) is 7.47. The lowest BCUT2D eigenvalue weighted by atomic mass is 10.0. The van der Waals surface area contributed by atoms with Gasteiger partial charge in [0.25, 0.3) is 0 Å². The standard InChI is InChI=1S/C62H102O6/c1-4-7-10-13-16-19-22-25-27-28-29-30-31-32-33-35-37-40-43-46-49-52-55-61(64)67-58-59(57-66-60(63)54-51-48-45-42-39-36-24-21-18-15-12-9-6-3)68-62(65)56-53-50-47-44-41-38-34-26-23-20-17-14-11-8-5-2/h8-9,11-12,17-18,20-21,26,34,36,39,41,44-45,48,50,53,59H,4-7,10,13-16,19,22-25,27-33,35,37-38,40,42-43,46-47,49,51-52,54-58H2,1-3H3/b11-8-,12-9-,20-17-,21-18-,34-26-,39-36-,44-41-,48-45-,53-50-. The Balaban J connectivity index is 4.45. The second kappa shape index (κ2) is 55.7. The lowest BCUT2D eigenvalue weighted by Crippen LogP contribution is -2.30. The summed E-state index contributed by atoms with van der Waals surface area (Å²) in [4.78, 5) is 38.0. The minimum absolute atomic E-state index is 0.0806. The van der Waals surface area contributed by atoms with Crippen LogP contribution in [-0.2, 0) is 28.6 Å². The summed E-state index contributed by atoms with van der Waals surface area (Å²) in [7, 11) is 0. The Hall–Kier alpha value is -3.93. The van der Waals surface area contributed by atoms with Crippen LogP contribution >= 0.6 is 0 Å². The smallest absolute Gasteiger partial charge is 0.310 e. The van der Waals surface area contributed by atoms with Crippen LogP contribution < -0.4 is 0 Å². The first kappa shape index (κ1) is 64.1. The van der Waals surface area contributed by atoms with Gasteiger partial charge in [0.1, 0.15) is 13.2 Å². The van der Waals surface area contributed by atoms with Crippen molar-refractivity contribution < 1.29 is 28.6 Å². The maximum absolute atomic E-state index is 12.8. The van der Waals surface area contributed by atoms with Crippen molar-refractivity contribution in [3.63, 3.8) is 0 Å². The van der Waals surface area contributed by atoms with Gasteiger partial charge in [0.2, 0.25) is 0 Å². The minimum Gasteiger partial charge on any atom is -0.462 e. The number of ether oxygens (including phenoxy) is 3. The molecule has 0 amide bonds. The first-order valence-electron chi connectivity index (χ1n) is 27.9. The molecule has 0 heterocycles. The third-order valence-electron chi connectivity index (χ3n) is 11.6. The summed E-state index contributed by atoms with van der Waals surface area (Å²) in [5.41, 5.74) is 0. The van der Waals surface area contributed by atoms with Gasteiger partial charge in [-0.2, -0.15) is 0 Å². The van der Waals surface area contributed by atoms with Gasteiger partial charge >= 0.3 is 17.9 Å². The SMILES string of the molecule is CC/C=C\C/C=C\C/C=C\C/C=C\C/C=C\CC(=O)OC(COC(=O)CC/C=C\C/C=C\C/C=C\C/C=C\CC)COC(=O)CCCCCCCCCCCCCCCCCCCCCCCC. The molecule has 1 atom stereocenters. The largest absolute Gasteiger partial charge is 0.462 e. The molecule has 0 spiro atoms. The molecular weight excluding hydrogens is 841 g/mol. The van der Waals surface area contributed by atoms with Crippen LogP contribution in [0, 0.1) is 0 Å². The predicted molar refractivity (Wildman–Crippen MR) is 293 cm³/mol. The highest BCUT2D eigenvalue weighted by Gasteiger charge is 2.19. The van der Waals surface area contributed by atoms with Crippen molar-refractivity contribution in [1.82, 2.24) is 0 Å². The number of carbonyl (C=O) groups is 3. The highest BCUT2D eigenvalue weighted by Crippen LogP contribution is 2.16. The third kappa shape index (κ3) is 53.0. The molecule has 0 aliphatic carbocycles. The van der Waals surface area contributed by atoms with Crippen molar-refractivity contribution in [1.29, 1.82) is 0 Å². The maximum atomic E-state index is 12.8. The molecule has 0 aliphatic heterocycles. The van der Waals surface area contributed by atoms with Gasteiger partial charge in [-0.25, -0.2) is 0 Å². The topological polar surface area (TPSA) is 78.9 Å². The average Bonchev–Trinajstić information content (AvgIpc) is 3.34. The number of esters is 3. The molecule has 0 aromatic heterocycles. The fraction of sp³-hybridized carbons (Fsp3) is 0.661. The first-order chi connectivity index (χ1) is 33.5. The molecule has 1 unspecified atom stereocenters. The summed E-state index contributed by atoms with van der Waals surface area (Å²) < 4.78 is 16.6. The summed E-state index contributed by atoms with van der Waals surface area (Å²) in [5, 5.41) is 0. The molecule has 0 N–H and O–H groups in total. The monoisotopic (exact) mass is 943 g/mol. The van der Waals surface area contributed by atoms with E-state index in [0.717, 1.165) is 70.6 Å². The van der Waals surface area contributed by atoms with Gasteiger partial charge in [-0.05, 0) is 70.6 Å². The van der Waals surface area contributed by atoms with E-state index in [1.165, 1.54) is 122 Å². The van der Waals surface area contributed by atoms with Gasteiger partial charge < -0.3 is 14.2 Å². The molecule has 0 aromatic rings. The van der Waals surface area contributed by atoms with Crippen molar-refractivity contribution >= 4 is 17.9 Å². The van der Waals surface area contributed by atoms with Crippen molar-refractivity contribution in [2.24, 2.45) is 0 Å². The number of unbranched alkanes of at least 4 members (excludes halogenated alkanes) is 21. The van der Waals surface area contributed by atoms with Crippen molar-refractivity contribution in [3.05, 3.63) is 109 Å². The van der Waals surface area contributed by atoms with Crippen LogP contribution in [0.25, 0.3) is 0 Å². The second-order valence-corrected chi connectivity index (χ2v) is 18.1. The van der Waals surface area contributed by atoms with E-state index in [2.05, 4.69) is 106 Å². The molecule has 0 aliphatic rings. The molecule has 0 aromatic carbocycles. The van der Waals surface area contributed by atoms with Gasteiger partial charge in [0, 0.05) is 12.8 Å². The van der Waals surface area contributed by atoms with Crippen LogP contribution in [0.3, 0.4) is 0 Å². The van der Waals surface area contributed by atoms with Crippen LogP contribution in [-0.4, -0.2) is 37.2 Å². The zero-order valence-electron chi connectivity index (χ0n) is 44.1. The molecule has 0 saturated heterocycles. The third-order valence-corrected chi connectivity index (χ3v) is 11.6. The number of hydrogen-bond donors (Lipinski definition) is 0. The highest BCUT2D eigenvalue weighted by atomic mass is 16.6. The Morgan fingerprint density at radius 3 is 0.971 bits per heavy atom. The average molecular weight is 943 g/mol. The number of allylic oxidation sites excluding steroid dienone is 17. The zero-order valence-corrected chi connectivity index (χ0v) is 44.1. The van der Waals surface area contributed by atoms with Crippen LogP contribution in [0.1, 0.15) is 245 Å². The normalized spacial score (nSPS) is 12.9. The van der Waals surface area contributed by atoms with Gasteiger partial charge in [-0.3, -0.25) is 14.4 Å². The van der Waals surface area contributed by atoms with E-state index in [-0.39, 0.29) is 38.0 Å². The molecule has 68 heavy (non-hydrogen) atoms. The van der Waals surface area contributed by atoms with Gasteiger partial charge in [-0.1, -0.05) is 265 Å². The van der Waals surface area contributed by atoms with Gasteiger partial charge in [-0.15, -0.1) is 0 Å². The van der Waals surface area contributed by atoms with E-state index in [0.29, 0.717) is 19.3 Å². The fourth-order valence-corrected chi connectivity index (χ4v) is 7.47. The molecule has 0 saturated carbocycles. The molecule has 0 bridgehead atoms. The van der Waals surface area contributed by atoms with E-state index in [9.17, 15) is 14.4 Å². The Bertz CT molecular complexity index is 1410. The van der Waals surface area contributed by atoms with Crippen LogP contribution in [0.15, 0.2) is 109 Å². The predicted octanol–water partition coefficient (Wildman–Crippen LogP) is 18.7. The van der Waals surface area contributed by atoms with Gasteiger partial charge in [0.15, 0.2) is 6.10 Å². The van der Waals surface area contributed by atoms with Gasteiger partial charge in [0.05, 0.1) is 6.42 Å². The summed E-state index contributed by atoms with van der Waals surface area (Å²) >= 11 is 0. The van der Waals surface area contributed by atoms with E-state index in [1.807, 2.05) is 18.2 Å².